The second-order valence-electron chi connectivity index (χ2n) is 4.60. The zero-order chi connectivity index (χ0) is 13.9. The molecule has 1 unspecified atom stereocenters. The van der Waals surface area contributed by atoms with Crippen molar-refractivity contribution >= 4 is 41.3 Å². The van der Waals surface area contributed by atoms with Crippen molar-refractivity contribution in [3.05, 3.63) is 28.6 Å². The van der Waals surface area contributed by atoms with Gasteiger partial charge in [-0.3, -0.25) is 0 Å². The van der Waals surface area contributed by atoms with Gasteiger partial charge >= 0.3 is 6.03 Å². The minimum Gasteiger partial charge on any atom is -0.332 e. The Hall–Kier alpha value is -1.05. The van der Waals surface area contributed by atoms with E-state index in [0.717, 1.165) is 30.1 Å². The molecule has 0 spiro atoms. The highest BCUT2D eigenvalue weighted by molar-refractivity contribution is 7.80. The molecule has 1 fully saturated rings. The molecule has 1 aliphatic heterocycles. The summed E-state index contributed by atoms with van der Waals surface area (Å²) in [5, 5.41) is 8.01. The topological polar surface area (TPSA) is 45.2 Å². The number of carbonyl (C=O) groups excluding carboxylic acids is 1. The number of rotatable bonds is 3. The minimum absolute atomic E-state index is 0.0480. The van der Waals surface area contributed by atoms with Crippen molar-refractivity contribution in [2.75, 3.05) is 6.54 Å². The number of thiol groups is 1. The molecule has 0 saturated carbocycles. The summed E-state index contributed by atoms with van der Waals surface area (Å²) in [6.07, 6.45) is 2.00. The predicted octanol–water partition coefficient (Wildman–Crippen LogP) is 3.43. The highest BCUT2D eigenvalue weighted by atomic mass is 32.1. The molecule has 2 aromatic rings. The molecule has 2 amide bonds. The third kappa shape index (κ3) is 2.99. The molecular formula is C13H15N3OS3. The van der Waals surface area contributed by atoms with E-state index in [1.165, 1.54) is 4.88 Å². The van der Waals surface area contributed by atoms with Crippen LogP contribution in [0.15, 0.2) is 22.9 Å². The summed E-state index contributed by atoms with van der Waals surface area (Å²) in [6, 6.07) is 4.03. The Balaban J connectivity index is 1.57. The van der Waals surface area contributed by atoms with Crippen molar-refractivity contribution in [3.63, 3.8) is 0 Å². The first-order valence-electron chi connectivity index (χ1n) is 6.45. The number of thiophene rings is 1. The van der Waals surface area contributed by atoms with Crippen LogP contribution in [0.4, 0.5) is 4.79 Å². The monoisotopic (exact) mass is 325 g/mol. The van der Waals surface area contributed by atoms with E-state index in [-0.39, 0.29) is 11.4 Å². The number of carbonyl (C=O) groups is 1. The molecule has 4 nitrogen and oxygen atoms in total. The first-order chi connectivity index (χ1) is 9.74. The number of amides is 2. The third-order valence-corrected chi connectivity index (χ3v) is 5.65. The Morgan fingerprint density at radius 3 is 3.15 bits per heavy atom. The van der Waals surface area contributed by atoms with E-state index in [9.17, 15) is 4.79 Å². The smallest absolute Gasteiger partial charge is 0.318 e. The van der Waals surface area contributed by atoms with Crippen LogP contribution in [-0.4, -0.2) is 27.8 Å². The van der Waals surface area contributed by atoms with Gasteiger partial charge < -0.3 is 10.2 Å². The molecule has 0 radical (unpaired) electrons. The Bertz CT molecular complexity index is 581. The SMILES string of the molecule is O=C(NCc1csc(-c2cccs2)n1)N1CCCC1S. The zero-order valence-electron chi connectivity index (χ0n) is 10.8. The average Bonchev–Trinajstić information content (AvgIpc) is 3.16. The summed E-state index contributed by atoms with van der Waals surface area (Å²) in [6.45, 7) is 1.26. The van der Waals surface area contributed by atoms with Crippen LogP contribution in [0.3, 0.4) is 0 Å². The Kier molecular flexibility index (Phi) is 4.28. The van der Waals surface area contributed by atoms with Gasteiger partial charge in [-0.25, -0.2) is 9.78 Å². The van der Waals surface area contributed by atoms with E-state index in [4.69, 9.17) is 0 Å². The van der Waals surface area contributed by atoms with Crippen LogP contribution in [0.2, 0.25) is 0 Å². The van der Waals surface area contributed by atoms with Crippen LogP contribution in [0, 0.1) is 0 Å². The number of aromatic nitrogens is 1. The summed E-state index contributed by atoms with van der Waals surface area (Å²) in [7, 11) is 0. The highest BCUT2D eigenvalue weighted by Crippen LogP contribution is 2.27. The first kappa shape index (κ1) is 13.9. The van der Waals surface area contributed by atoms with Crippen molar-refractivity contribution in [1.29, 1.82) is 0 Å². The van der Waals surface area contributed by atoms with Crippen LogP contribution < -0.4 is 5.32 Å². The maximum absolute atomic E-state index is 12.0. The predicted molar refractivity (Wildman–Crippen MR) is 86.4 cm³/mol. The Morgan fingerprint density at radius 2 is 2.45 bits per heavy atom. The standard InChI is InChI=1S/C13H15N3OS3/c17-13(16-5-1-4-11(16)18)14-7-9-8-20-12(15-9)10-3-2-6-19-10/h2-3,6,8,11,18H,1,4-5,7H2,(H,14,17). The summed E-state index contributed by atoms with van der Waals surface area (Å²) < 4.78 is 0. The average molecular weight is 325 g/mol. The molecule has 1 aliphatic rings. The van der Waals surface area contributed by atoms with Gasteiger partial charge in [0.15, 0.2) is 0 Å². The molecule has 0 bridgehead atoms. The van der Waals surface area contributed by atoms with Gasteiger partial charge in [0.1, 0.15) is 5.01 Å². The van der Waals surface area contributed by atoms with Crippen LogP contribution in [0.1, 0.15) is 18.5 Å². The van der Waals surface area contributed by atoms with Crippen LogP contribution >= 0.6 is 35.3 Å². The van der Waals surface area contributed by atoms with Crippen LogP contribution in [-0.2, 0) is 6.54 Å². The Labute approximate surface area is 131 Å². The minimum atomic E-state index is -0.0480. The molecular weight excluding hydrogens is 310 g/mol. The van der Waals surface area contributed by atoms with Crippen LogP contribution in [0.5, 0.6) is 0 Å². The van der Waals surface area contributed by atoms with Crippen molar-refractivity contribution in [2.45, 2.75) is 24.8 Å². The number of nitrogens with zero attached hydrogens (tertiary/aromatic N) is 2. The van der Waals surface area contributed by atoms with Gasteiger partial charge in [0, 0.05) is 11.9 Å². The fourth-order valence-electron chi connectivity index (χ4n) is 2.16. The van der Waals surface area contributed by atoms with Gasteiger partial charge in [0.2, 0.25) is 0 Å². The molecule has 1 N–H and O–H groups in total. The molecule has 3 heterocycles. The lowest BCUT2D eigenvalue weighted by molar-refractivity contribution is 0.205. The fraction of sp³-hybridized carbons (Fsp3) is 0.385. The molecule has 106 valence electrons. The molecule has 2 aromatic heterocycles. The zero-order valence-corrected chi connectivity index (χ0v) is 13.3. The van der Waals surface area contributed by atoms with E-state index in [1.54, 1.807) is 27.6 Å². The van der Waals surface area contributed by atoms with Crippen molar-refractivity contribution in [2.24, 2.45) is 0 Å². The number of likely N-dealkylation sites (tertiary alicyclic amines) is 1. The van der Waals surface area contributed by atoms with E-state index < -0.39 is 0 Å². The van der Waals surface area contributed by atoms with Gasteiger partial charge in [0.05, 0.1) is 22.5 Å². The number of hydrogen-bond acceptors (Lipinski definition) is 5. The lowest BCUT2D eigenvalue weighted by Gasteiger charge is -2.20. The normalized spacial score (nSPS) is 18.4. The lowest BCUT2D eigenvalue weighted by Crippen LogP contribution is -2.40. The van der Waals surface area contributed by atoms with E-state index >= 15 is 0 Å². The number of hydrogen-bond donors (Lipinski definition) is 2. The maximum Gasteiger partial charge on any atom is 0.318 e. The number of nitrogens with one attached hydrogen (secondary N) is 1. The quantitative estimate of drug-likeness (QED) is 0.849. The molecule has 1 saturated heterocycles. The van der Waals surface area contributed by atoms with Gasteiger partial charge in [-0.15, -0.1) is 22.7 Å². The van der Waals surface area contributed by atoms with Gasteiger partial charge in [-0.2, -0.15) is 12.6 Å². The van der Waals surface area contributed by atoms with Gasteiger partial charge in [-0.1, -0.05) is 6.07 Å². The molecule has 3 rings (SSSR count). The van der Waals surface area contributed by atoms with Crippen molar-refractivity contribution < 1.29 is 4.79 Å². The molecule has 7 heteroatoms. The summed E-state index contributed by atoms with van der Waals surface area (Å²) in [5.41, 5.74) is 0.904. The number of urea groups is 1. The fourth-order valence-corrected chi connectivity index (χ4v) is 4.19. The second kappa shape index (κ2) is 6.15. The van der Waals surface area contributed by atoms with Gasteiger partial charge in [-0.05, 0) is 24.3 Å². The molecule has 20 heavy (non-hydrogen) atoms. The summed E-state index contributed by atoms with van der Waals surface area (Å²) in [4.78, 5) is 19.5. The molecule has 0 aromatic carbocycles. The van der Waals surface area contributed by atoms with E-state index in [0.29, 0.717) is 6.54 Å². The van der Waals surface area contributed by atoms with Crippen molar-refractivity contribution in [1.82, 2.24) is 15.2 Å². The lowest BCUT2D eigenvalue weighted by atomic mass is 10.4. The van der Waals surface area contributed by atoms with E-state index in [1.807, 2.05) is 16.8 Å². The number of thiazole rings is 1. The molecule has 0 aliphatic carbocycles. The van der Waals surface area contributed by atoms with Crippen LogP contribution in [0.25, 0.3) is 9.88 Å². The van der Waals surface area contributed by atoms with Gasteiger partial charge in [0.25, 0.3) is 0 Å². The largest absolute Gasteiger partial charge is 0.332 e. The van der Waals surface area contributed by atoms with Crippen molar-refractivity contribution in [3.8, 4) is 9.88 Å². The highest BCUT2D eigenvalue weighted by Gasteiger charge is 2.25. The maximum atomic E-state index is 12.0. The summed E-state index contributed by atoms with van der Waals surface area (Å²) in [5.74, 6) is 0. The Morgan fingerprint density at radius 1 is 1.55 bits per heavy atom. The second-order valence-corrected chi connectivity index (χ2v) is 7.00. The first-order valence-corrected chi connectivity index (χ1v) is 8.72. The molecule has 1 atom stereocenters. The summed E-state index contributed by atoms with van der Waals surface area (Å²) >= 11 is 7.69. The van der Waals surface area contributed by atoms with E-state index in [2.05, 4.69) is 29.0 Å². The third-order valence-electron chi connectivity index (χ3n) is 3.19.